The number of hydrazine groups is 1. The van der Waals surface area contributed by atoms with Gasteiger partial charge >= 0.3 is 0 Å². The average molecular weight is 293 g/mol. The third-order valence-electron chi connectivity index (χ3n) is 3.86. The largest absolute Gasteiger partial charge is 0.492 e. The zero-order valence-electron chi connectivity index (χ0n) is 12.3. The van der Waals surface area contributed by atoms with E-state index in [4.69, 9.17) is 10.6 Å². The molecule has 6 nitrogen and oxygen atoms in total. The molecule has 21 heavy (non-hydrogen) atoms. The molecule has 1 amide bonds. The van der Waals surface area contributed by atoms with Crippen LogP contribution in [-0.2, 0) is 0 Å². The van der Waals surface area contributed by atoms with Crippen molar-refractivity contribution in [1.29, 1.82) is 0 Å². The number of nitrogen functional groups attached to an aromatic ring is 1. The minimum Gasteiger partial charge on any atom is -0.492 e. The molecule has 1 aromatic rings. The number of ether oxygens (including phenoxy) is 1. The van der Waals surface area contributed by atoms with Crippen molar-refractivity contribution < 1.29 is 14.6 Å². The summed E-state index contributed by atoms with van der Waals surface area (Å²) < 4.78 is 5.66. The van der Waals surface area contributed by atoms with E-state index in [1.165, 1.54) is 0 Å². The van der Waals surface area contributed by atoms with Gasteiger partial charge in [-0.25, -0.2) is 5.84 Å². The number of benzene rings is 1. The van der Waals surface area contributed by atoms with Gasteiger partial charge < -0.3 is 9.84 Å². The van der Waals surface area contributed by atoms with E-state index in [1.807, 2.05) is 6.92 Å². The van der Waals surface area contributed by atoms with Crippen molar-refractivity contribution in [3.63, 3.8) is 0 Å². The van der Waals surface area contributed by atoms with Crippen LogP contribution in [0.2, 0.25) is 0 Å². The van der Waals surface area contributed by atoms with Crippen LogP contribution in [-0.4, -0.2) is 47.8 Å². The van der Waals surface area contributed by atoms with Crippen LogP contribution in [0.25, 0.3) is 0 Å². The minimum absolute atomic E-state index is 0.318. The Labute approximate surface area is 124 Å². The van der Waals surface area contributed by atoms with Gasteiger partial charge in [-0.3, -0.25) is 15.1 Å². The van der Waals surface area contributed by atoms with Crippen molar-refractivity contribution in [2.45, 2.75) is 25.4 Å². The number of likely N-dealkylation sites (tertiary alicyclic amines) is 1. The predicted octanol–water partition coefficient (Wildman–Crippen LogP) is 0.516. The molecule has 0 aliphatic carbocycles. The van der Waals surface area contributed by atoms with Gasteiger partial charge in [0.2, 0.25) is 0 Å². The van der Waals surface area contributed by atoms with Crippen LogP contribution in [0.4, 0.5) is 0 Å². The van der Waals surface area contributed by atoms with Crippen molar-refractivity contribution >= 4 is 5.91 Å². The summed E-state index contributed by atoms with van der Waals surface area (Å²) in [5, 5.41) is 9.89. The maximum Gasteiger partial charge on any atom is 0.265 e. The number of carbonyl (C=O) groups is 1. The highest BCUT2D eigenvalue weighted by Crippen LogP contribution is 2.20. The summed E-state index contributed by atoms with van der Waals surface area (Å²) in [6, 6.07) is 6.86. The van der Waals surface area contributed by atoms with E-state index >= 15 is 0 Å². The molecule has 0 unspecified atom stereocenters. The summed E-state index contributed by atoms with van der Waals surface area (Å²) in [6.45, 7) is 5.10. The van der Waals surface area contributed by atoms with E-state index in [2.05, 4.69) is 10.3 Å². The fourth-order valence-electron chi connectivity index (χ4n) is 2.34. The van der Waals surface area contributed by atoms with Crippen molar-refractivity contribution in [3.05, 3.63) is 29.8 Å². The molecule has 1 fully saturated rings. The molecule has 4 N–H and O–H groups in total. The van der Waals surface area contributed by atoms with E-state index in [9.17, 15) is 9.90 Å². The third kappa shape index (κ3) is 4.70. The zero-order valence-corrected chi connectivity index (χ0v) is 12.3. The smallest absolute Gasteiger partial charge is 0.265 e. The molecule has 1 aliphatic heterocycles. The number of hydrogen-bond acceptors (Lipinski definition) is 5. The van der Waals surface area contributed by atoms with Crippen molar-refractivity contribution in [3.8, 4) is 5.75 Å². The first-order valence-corrected chi connectivity index (χ1v) is 7.19. The molecular formula is C15H23N3O3. The number of nitrogens with two attached hydrogens (primary N) is 1. The number of amides is 1. The molecule has 0 atom stereocenters. The fraction of sp³-hybridized carbons (Fsp3) is 0.533. The van der Waals surface area contributed by atoms with Gasteiger partial charge in [0.1, 0.15) is 12.4 Å². The van der Waals surface area contributed by atoms with Crippen LogP contribution in [0.15, 0.2) is 24.3 Å². The van der Waals surface area contributed by atoms with Crippen molar-refractivity contribution in [2.75, 3.05) is 26.2 Å². The molecule has 1 aromatic carbocycles. The molecule has 0 aromatic heterocycles. The SMILES string of the molecule is CC1(O)CCN(CCOc2ccc(C(=O)NN)cc2)CC1. The molecule has 0 spiro atoms. The lowest BCUT2D eigenvalue weighted by molar-refractivity contribution is -0.00768. The fourth-order valence-corrected chi connectivity index (χ4v) is 2.34. The number of piperidine rings is 1. The van der Waals surface area contributed by atoms with Gasteiger partial charge in [0, 0.05) is 25.2 Å². The van der Waals surface area contributed by atoms with E-state index in [1.54, 1.807) is 24.3 Å². The summed E-state index contributed by atoms with van der Waals surface area (Å²) in [5.41, 5.74) is 2.07. The normalized spacial score (nSPS) is 18.2. The Bertz CT molecular complexity index is 464. The van der Waals surface area contributed by atoms with E-state index in [0.29, 0.717) is 12.2 Å². The lowest BCUT2D eigenvalue weighted by Crippen LogP contribution is -2.43. The highest BCUT2D eigenvalue weighted by Gasteiger charge is 2.26. The summed E-state index contributed by atoms with van der Waals surface area (Å²) in [6.07, 6.45) is 1.60. The first-order chi connectivity index (χ1) is 10.00. The third-order valence-corrected chi connectivity index (χ3v) is 3.86. The number of carbonyl (C=O) groups excluding carboxylic acids is 1. The van der Waals surface area contributed by atoms with Gasteiger partial charge in [-0.05, 0) is 44.0 Å². The highest BCUT2D eigenvalue weighted by molar-refractivity contribution is 5.93. The van der Waals surface area contributed by atoms with Gasteiger partial charge in [0.05, 0.1) is 5.60 Å². The lowest BCUT2D eigenvalue weighted by Gasteiger charge is -2.35. The Morgan fingerprint density at radius 3 is 2.57 bits per heavy atom. The van der Waals surface area contributed by atoms with Crippen LogP contribution >= 0.6 is 0 Å². The highest BCUT2D eigenvalue weighted by atomic mass is 16.5. The summed E-state index contributed by atoms with van der Waals surface area (Å²) in [4.78, 5) is 13.6. The second-order valence-electron chi connectivity index (χ2n) is 5.68. The summed E-state index contributed by atoms with van der Waals surface area (Å²) in [7, 11) is 0. The molecule has 2 rings (SSSR count). The lowest BCUT2D eigenvalue weighted by atomic mass is 9.94. The molecule has 1 saturated heterocycles. The number of aliphatic hydroxyl groups is 1. The Balaban J connectivity index is 1.73. The molecule has 0 saturated carbocycles. The first kappa shape index (κ1) is 15.8. The van der Waals surface area contributed by atoms with Crippen molar-refractivity contribution in [1.82, 2.24) is 10.3 Å². The van der Waals surface area contributed by atoms with E-state index in [-0.39, 0.29) is 5.91 Å². The zero-order chi connectivity index (χ0) is 15.3. The van der Waals surface area contributed by atoms with Crippen LogP contribution in [0.3, 0.4) is 0 Å². The van der Waals surface area contributed by atoms with E-state index < -0.39 is 5.60 Å². The van der Waals surface area contributed by atoms with Gasteiger partial charge in [0.25, 0.3) is 5.91 Å². The Morgan fingerprint density at radius 2 is 2.00 bits per heavy atom. The molecule has 1 aliphatic rings. The summed E-state index contributed by atoms with van der Waals surface area (Å²) in [5.74, 6) is 5.48. The quantitative estimate of drug-likeness (QED) is 0.418. The average Bonchev–Trinajstić information content (AvgIpc) is 2.49. The van der Waals surface area contributed by atoms with Crippen LogP contribution in [0, 0.1) is 0 Å². The number of hydrogen-bond donors (Lipinski definition) is 3. The van der Waals surface area contributed by atoms with Crippen LogP contribution < -0.4 is 16.0 Å². The monoisotopic (exact) mass is 293 g/mol. The summed E-state index contributed by atoms with van der Waals surface area (Å²) >= 11 is 0. The predicted molar refractivity (Wildman–Crippen MR) is 79.9 cm³/mol. The maximum atomic E-state index is 11.3. The number of rotatable bonds is 5. The van der Waals surface area contributed by atoms with Crippen molar-refractivity contribution in [2.24, 2.45) is 5.84 Å². The molecular weight excluding hydrogens is 270 g/mol. The molecule has 0 bridgehead atoms. The Morgan fingerprint density at radius 1 is 1.38 bits per heavy atom. The van der Waals surface area contributed by atoms with Gasteiger partial charge in [-0.1, -0.05) is 0 Å². The van der Waals surface area contributed by atoms with Gasteiger partial charge in [0.15, 0.2) is 0 Å². The minimum atomic E-state index is -0.517. The number of nitrogens with zero attached hydrogens (tertiary/aromatic N) is 1. The van der Waals surface area contributed by atoms with Crippen LogP contribution in [0.1, 0.15) is 30.1 Å². The van der Waals surface area contributed by atoms with Gasteiger partial charge in [-0.15, -0.1) is 0 Å². The van der Waals surface area contributed by atoms with Crippen LogP contribution in [0.5, 0.6) is 5.75 Å². The second-order valence-corrected chi connectivity index (χ2v) is 5.68. The molecule has 116 valence electrons. The van der Waals surface area contributed by atoms with E-state index in [0.717, 1.165) is 38.2 Å². The Kier molecular flexibility index (Phi) is 5.17. The maximum absolute atomic E-state index is 11.3. The Hall–Kier alpha value is -1.63. The standard InChI is InChI=1S/C15H23N3O3/c1-15(20)6-8-18(9-7-15)10-11-21-13-4-2-12(3-5-13)14(19)17-16/h2-5,20H,6-11,16H2,1H3,(H,17,19). The number of nitrogens with one attached hydrogen (secondary N) is 1. The topological polar surface area (TPSA) is 87.8 Å². The van der Waals surface area contributed by atoms with Gasteiger partial charge in [-0.2, -0.15) is 0 Å². The molecule has 0 radical (unpaired) electrons. The molecule has 6 heteroatoms. The molecule has 1 heterocycles. The first-order valence-electron chi connectivity index (χ1n) is 7.19. The second kappa shape index (κ2) is 6.89.